The quantitative estimate of drug-likeness (QED) is 0.356. The summed E-state index contributed by atoms with van der Waals surface area (Å²) >= 11 is 0. The standard InChI is InChI=1S/2Fe.3H2O/h;;3*1H2. The van der Waals surface area contributed by atoms with Gasteiger partial charge >= 0.3 is 0 Å². The van der Waals surface area contributed by atoms with Gasteiger partial charge in [-0.05, 0) is 0 Å². The van der Waals surface area contributed by atoms with Crippen LogP contribution in [0.1, 0.15) is 0 Å². The van der Waals surface area contributed by atoms with E-state index in [0.717, 1.165) is 0 Å². The summed E-state index contributed by atoms with van der Waals surface area (Å²) < 4.78 is 0. The molecule has 40 valence electrons. The zero-order chi connectivity index (χ0) is 0. The van der Waals surface area contributed by atoms with Crippen LogP contribution in [0.15, 0.2) is 0 Å². The third-order valence-electron chi connectivity index (χ3n) is 0. The molecule has 0 atom stereocenters. The van der Waals surface area contributed by atoms with Gasteiger partial charge in [-0.25, -0.2) is 0 Å². The van der Waals surface area contributed by atoms with E-state index in [2.05, 4.69) is 0 Å². The van der Waals surface area contributed by atoms with Gasteiger partial charge in [-0.1, -0.05) is 0 Å². The smallest absolute Gasteiger partial charge is 0 e. The van der Waals surface area contributed by atoms with E-state index in [1.54, 1.807) is 0 Å². The molecule has 0 aromatic rings. The van der Waals surface area contributed by atoms with Gasteiger partial charge < -0.3 is 16.4 Å². The zero-order valence-electron chi connectivity index (χ0n) is 2.21. The summed E-state index contributed by atoms with van der Waals surface area (Å²) in [7, 11) is 0. The molecule has 3 nitrogen and oxygen atoms in total. The van der Waals surface area contributed by atoms with Crippen molar-refractivity contribution < 1.29 is 50.6 Å². The van der Waals surface area contributed by atoms with Crippen LogP contribution in [0.3, 0.4) is 0 Å². The molecule has 0 aromatic heterocycles. The first-order valence-corrected chi connectivity index (χ1v) is 0. The van der Waals surface area contributed by atoms with E-state index in [4.69, 9.17) is 0 Å². The molecular formula is H6Fe2O3. The molecular weight excluding hydrogens is 160 g/mol. The van der Waals surface area contributed by atoms with Gasteiger partial charge in [0.1, 0.15) is 0 Å². The monoisotopic (exact) mass is 166 g/mol. The van der Waals surface area contributed by atoms with Gasteiger partial charge in [0.15, 0.2) is 0 Å². The molecule has 0 unspecified atom stereocenters. The van der Waals surface area contributed by atoms with Crippen LogP contribution in [0.5, 0.6) is 0 Å². The molecule has 0 spiro atoms. The van der Waals surface area contributed by atoms with Crippen molar-refractivity contribution in [1.82, 2.24) is 0 Å². The molecule has 0 saturated heterocycles. The SMILES string of the molecule is O.O.O.[Fe].[Fe]. The molecule has 6 N–H and O–H groups in total. The van der Waals surface area contributed by atoms with E-state index in [9.17, 15) is 0 Å². The molecule has 0 bridgehead atoms. The van der Waals surface area contributed by atoms with E-state index >= 15 is 0 Å². The predicted octanol–water partition coefficient (Wildman–Crippen LogP) is -2.48. The van der Waals surface area contributed by atoms with Gasteiger partial charge in [0, 0.05) is 34.1 Å². The molecule has 0 saturated carbocycles. The van der Waals surface area contributed by atoms with E-state index in [1.807, 2.05) is 0 Å². The van der Waals surface area contributed by atoms with Crippen molar-refractivity contribution in [2.75, 3.05) is 0 Å². The molecule has 0 amide bonds. The van der Waals surface area contributed by atoms with Gasteiger partial charge in [-0.3, -0.25) is 0 Å². The van der Waals surface area contributed by atoms with Crippen LogP contribution < -0.4 is 0 Å². The Morgan fingerprint density at radius 1 is 0.400 bits per heavy atom. The van der Waals surface area contributed by atoms with E-state index in [-0.39, 0.29) is 50.6 Å². The van der Waals surface area contributed by atoms with Crippen LogP contribution >= 0.6 is 0 Å². The van der Waals surface area contributed by atoms with Crippen LogP contribution in [0.4, 0.5) is 0 Å². The minimum absolute atomic E-state index is 0. The van der Waals surface area contributed by atoms with Crippen LogP contribution in [0, 0.1) is 0 Å². The topological polar surface area (TPSA) is 94.5 Å². The van der Waals surface area contributed by atoms with E-state index < -0.39 is 0 Å². The van der Waals surface area contributed by atoms with Crippen LogP contribution in [0.25, 0.3) is 0 Å². The Labute approximate surface area is 51.0 Å². The van der Waals surface area contributed by atoms with Crippen LogP contribution in [-0.4, -0.2) is 16.4 Å². The second-order valence-electron chi connectivity index (χ2n) is 0. The fourth-order valence-corrected chi connectivity index (χ4v) is 0. The second kappa shape index (κ2) is 89.5. The zero-order valence-corrected chi connectivity index (χ0v) is 4.42. The van der Waals surface area contributed by atoms with Crippen molar-refractivity contribution >= 4 is 0 Å². The minimum Gasteiger partial charge on any atom is -0.412 e. The first-order valence-electron chi connectivity index (χ1n) is 0. The molecule has 5 heteroatoms. The predicted molar refractivity (Wildman–Crippen MR) is 10.8 cm³/mol. The molecule has 0 rings (SSSR count). The maximum atomic E-state index is 0. The Morgan fingerprint density at radius 3 is 0.400 bits per heavy atom. The van der Waals surface area contributed by atoms with Crippen molar-refractivity contribution in [3.05, 3.63) is 0 Å². The van der Waals surface area contributed by atoms with Gasteiger partial charge in [0.05, 0.1) is 0 Å². The van der Waals surface area contributed by atoms with Gasteiger partial charge in [0.2, 0.25) is 0 Å². The molecule has 5 heavy (non-hydrogen) atoms. The molecule has 0 aliphatic heterocycles. The molecule has 0 fully saturated rings. The maximum absolute atomic E-state index is 0. The Morgan fingerprint density at radius 2 is 0.400 bits per heavy atom. The Bertz CT molecular complexity index is 4.85. The summed E-state index contributed by atoms with van der Waals surface area (Å²) in [6.45, 7) is 0. The van der Waals surface area contributed by atoms with Crippen molar-refractivity contribution in [3.8, 4) is 0 Å². The van der Waals surface area contributed by atoms with Gasteiger partial charge in [0.25, 0.3) is 0 Å². The van der Waals surface area contributed by atoms with E-state index in [1.165, 1.54) is 0 Å². The van der Waals surface area contributed by atoms with Crippen LogP contribution in [0.2, 0.25) is 0 Å². The summed E-state index contributed by atoms with van der Waals surface area (Å²) in [6.07, 6.45) is 0. The summed E-state index contributed by atoms with van der Waals surface area (Å²) in [5, 5.41) is 0. The minimum atomic E-state index is 0. The summed E-state index contributed by atoms with van der Waals surface area (Å²) in [5.74, 6) is 0. The fourth-order valence-electron chi connectivity index (χ4n) is 0. The van der Waals surface area contributed by atoms with Crippen molar-refractivity contribution in [3.63, 3.8) is 0 Å². The van der Waals surface area contributed by atoms with Gasteiger partial charge in [-0.2, -0.15) is 0 Å². The average molecular weight is 166 g/mol. The second-order valence-corrected chi connectivity index (χ2v) is 0. The molecule has 0 aliphatic carbocycles. The number of hydrogen-bond donors (Lipinski definition) is 0. The Hall–Kier alpha value is 0.919. The number of rotatable bonds is 0. The summed E-state index contributed by atoms with van der Waals surface area (Å²) in [4.78, 5) is 0. The normalized spacial score (nSPS) is 0. The van der Waals surface area contributed by atoms with E-state index in [0.29, 0.717) is 0 Å². The third-order valence-corrected chi connectivity index (χ3v) is 0. The first kappa shape index (κ1) is 170. The molecule has 0 aliphatic rings. The third kappa shape index (κ3) is 49.6. The Balaban J connectivity index is 0. The average Bonchev–Trinajstić information content (AvgIpc) is 0. The van der Waals surface area contributed by atoms with Crippen molar-refractivity contribution in [2.45, 2.75) is 0 Å². The van der Waals surface area contributed by atoms with Crippen LogP contribution in [-0.2, 0) is 34.1 Å². The first-order chi connectivity index (χ1) is 0. The Kier molecular flexibility index (Phi) is 3030. The maximum Gasteiger partial charge on any atom is 0 e. The fraction of sp³-hybridized carbons (Fsp3) is 0. The molecule has 0 heterocycles. The summed E-state index contributed by atoms with van der Waals surface area (Å²) in [5.41, 5.74) is 0. The molecule has 0 radical (unpaired) electrons. The molecule has 0 aromatic carbocycles. The van der Waals surface area contributed by atoms with Gasteiger partial charge in [-0.15, -0.1) is 0 Å². The number of hydrogen-bond acceptors (Lipinski definition) is 0. The largest absolute Gasteiger partial charge is 0.412 e. The van der Waals surface area contributed by atoms with Crippen molar-refractivity contribution in [1.29, 1.82) is 0 Å². The van der Waals surface area contributed by atoms with Crippen molar-refractivity contribution in [2.24, 2.45) is 0 Å². The summed E-state index contributed by atoms with van der Waals surface area (Å²) in [6, 6.07) is 0.